The van der Waals surface area contributed by atoms with E-state index in [1.165, 1.54) is 20.2 Å². The van der Waals surface area contributed by atoms with Crippen LogP contribution in [0.4, 0.5) is 17.2 Å². The van der Waals surface area contributed by atoms with Crippen molar-refractivity contribution in [3.05, 3.63) is 36.3 Å². The van der Waals surface area contributed by atoms with Gasteiger partial charge < -0.3 is 30.2 Å². The van der Waals surface area contributed by atoms with Gasteiger partial charge in [0.15, 0.2) is 23.1 Å². The summed E-state index contributed by atoms with van der Waals surface area (Å²) in [6.45, 7) is -0.291. The number of methoxy groups -OCH3 is 1. The van der Waals surface area contributed by atoms with E-state index < -0.39 is 11.8 Å². The lowest BCUT2D eigenvalue weighted by atomic mass is 10.1. The molecule has 0 bridgehead atoms. The third-order valence-corrected chi connectivity index (χ3v) is 5.91. The summed E-state index contributed by atoms with van der Waals surface area (Å²) in [5.74, 6) is -0.350. The molecule has 2 heterocycles. The largest absolute Gasteiger partial charge is 0.494 e. The van der Waals surface area contributed by atoms with Crippen LogP contribution in [0.1, 0.15) is 49.0 Å². The van der Waals surface area contributed by atoms with Crippen molar-refractivity contribution in [3.63, 3.8) is 0 Å². The predicted molar refractivity (Wildman–Crippen MR) is 153 cm³/mol. The van der Waals surface area contributed by atoms with Crippen molar-refractivity contribution in [1.29, 1.82) is 0 Å². The highest BCUT2D eigenvalue weighted by Crippen LogP contribution is 2.37. The number of aryl methyl sites for hydroxylation is 1. The Bertz CT molecular complexity index is 1380. The van der Waals surface area contributed by atoms with Crippen molar-refractivity contribution < 1.29 is 28.7 Å². The number of amides is 2. The van der Waals surface area contributed by atoms with Gasteiger partial charge in [0.05, 0.1) is 30.6 Å². The molecular formula is C27H35N9O6. The SMILES string of the molecule is CNC(=O)c1nnc(NC(=O)CNCOC(=O)CCCCCCC=O)cc1Nc1cccc(-c2ncn(C)n2)c1OC. The summed E-state index contributed by atoms with van der Waals surface area (Å²) in [6.07, 6.45) is 6.48. The second-order valence-corrected chi connectivity index (χ2v) is 9.08. The first-order valence-corrected chi connectivity index (χ1v) is 13.4. The normalized spacial score (nSPS) is 10.5. The average molecular weight is 582 g/mol. The van der Waals surface area contributed by atoms with Gasteiger partial charge in [-0.05, 0) is 25.0 Å². The molecule has 15 heteroatoms. The first-order chi connectivity index (χ1) is 20.4. The number of carbonyl (C=O) groups excluding carboxylic acids is 4. The van der Waals surface area contributed by atoms with Crippen molar-refractivity contribution in [2.24, 2.45) is 7.05 Å². The minimum atomic E-state index is -0.492. The third kappa shape index (κ3) is 9.33. The van der Waals surface area contributed by atoms with Crippen LogP contribution in [0.15, 0.2) is 30.6 Å². The fraction of sp³-hybridized carbons (Fsp3) is 0.407. The topological polar surface area (TPSA) is 191 Å². The summed E-state index contributed by atoms with van der Waals surface area (Å²) in [5, 5.41) is 23.3. The lowest BCUT2D eigenvalue weighted by Crippen LogP contribution is -2.31. The number of esters is 1. The van der Waals surface area contributed by atoms with Crippen LogP contribution in [0, 0.1) is 0 Å². The average Bonchev–Trinajstić information content (AvgIpc) is 3.42. The standard InChI is InChI=1S/C27H35N9O6/c1-28-27(40)24-20(31-19-11-9-10-18(25(19)41-3)26-30-16-36(2)35-26)14-21(33-34-24)32-22(38)15-29-17-42-23(39)12-7-5-4-6-8-13-37/h9-11,13-14,16,29H,4-8,12,15,17H2,1-3H3,(H,28,40)(H2,31,32,33,38). The Kier molecular flexibility index (Phi) is 12.3. The number of anilines is 3. The lowest BCUT2D eigenvalue weighted by molar-refractivity contribution is -0.144. The van der Waals surface area contributed by atoms with Crippen LogP contribution in [0.25, 0.3) is 11.4 Å². The number of aldehydes is 1. The molecule has 4 N–H and O–H groups in total. The number of carbonyl (C=O) groups is 4. The second-order valence-electron chi connectivity index (χ2n) is 9.08. The summed E-state index contributed by atoms with van der Waals surface area (Å²) >= 11 is 0. The monoisotopic (exact) mass is 581 g/mol. The van der Waals surface area contributed by atoms with Crippen LogP contribution in [0.3, 0.4) is 0 Å². The second kappa shape index (κ2) is 16.4. The number of hydrogen-bond acceptors (Lipinski definition) is 12. The number of aromatic nitrogens is 5. The Labute approximate surface area is 242 Å². The highest BCUT2D eigenvalue weighted by molar-refractivity contribution is 5.99. The quantitative estimate of drug-likeness (QED) is 0.0785. The first-order valence-electron chi connectivity index (χ1n) is 13.4. The molecule has 0 saturated carbocycles. The number of nitrogens with one attached hydrogen (secondary N) is 4. The van der Waals surface area contributed by atoms with Gasteiger partial charge in [0, 0.05) is 33.0 Å². The maximum Gasteiger partial charge on any atom is 0.307 e. The Balaban J connectivity index is 1.61. The molecule has 0 spiro atoms. The predicted octanol–water partition coefficient (Wildman–Crippen LogP) is 1.95. The molecule has 2 amide bonds. The zero-order valence-corrected chi connectivity index (χ0v) is 23.8. The minimum Gasteiger partial charge on any atom is -0.494 e. The Hall–Kier alpha value is -4.92. The van der Waals surface area contributed by atoms with Gasteiger partial charge in [0.1, 0.15) is 19.3 Å². The van der Waals surface area contributed by atoms with Gasteiger partial charge in [0.2, 0.25) is 5.91 Å². The smallest absolute Gasteiger partial charge is 0.307 e. The molecule has 15 nitrogen and oxygen atoms in total. The molecule has 3 aromatic rings. The van der Waals surface area contributed by atoms with Crippen LogP contribution >= 0.6 is 0 Å². The zero-order chi connectivity index (χ0) is 30.3. The summed E-state index contributed by atoms with van der Waals surface area (Å²) in [4.78, 5) is 51.4. The highest BCUT2D eigenvalue weighted by Gasteiger charge is 2.19. The molecular weight excluding hydrogens is 546 g/mol. The van der Waals surface area contributed by atoms with Crippen LogP contribution < -0.4 is 26.0 Å². The Morgan fingerprint density at radius 3 is 2.60 bits per heavy atom. The maximum absolute atomic E-state index is 12.5. The maximum atomic E-state index is 12.5. The van der Waals surface area contributed by atoms with E-state index in [0.717, 1.165) is 25.5 Å². The van der Waals surface area contributed by atoms with E-state index in [1.54, 1.807) is 36.3 Å². The molecule has 0 aliphatic heterocycles. The molecule has 3 rings (SSSR count). The van der Waals surface area contributed by atoms with Gasteiger partial charge in [-0.15, -0.1) is 10.2 Å². The highest BCUT2D eigenvalue weighted by atomic mass is 16.5. The Morgan fingerprint density at radius 2 is 1.88 bits per heavy atom. The van der Waals surface area contributed by atoms with Crippen molar-refractivity contribution in [2.75, 3.05) is 38.1 Å². The van der Waals surface area contributed by atoms with Gasteiger partial charge >= 0.3 is 5.97 Å². The van der Waals surface area contributed by atoms with Crippen LogP contribution in [0.2, 0.25) is 0 Å². The number of unbranched alkanes of at least 4 members (excludes halogenated alkanes) is 4. The fourth-order valence-corrected chi connectivity index (χ4v) is 3.88. The molecule has 0 radical (unpaired) electrons. The van der Waals surface area contributed by atoms with Crippen molar-refractivity contribution in [1.82, 2.24) is 35.6 Å². The number of hydrogen-bond donors (Lipinski definition) is 4. The molecule has 0 aliphatic carbocycles. The fourth-order valence-electron chi connectivity index (χ4n) is 3.88. The van der Waals surface area contributed by atoms with Gasteiger partial charge in [-0.3, -0.25) is 24.4 Å². The summed E-state index contributed by atoms with van der Waals surface area (Å²) < 4.78 is 12.3. The van der Waals surface area contributed by atoms with E-state index in [-0.39, 0.29) is 42.9 Å². The van der Waals surface area contributed by atoms with E-state index in [9.17, 15) is 19.2 Å². The van der Waals surface area contributed by atoms with Crippen LogP contribution in [-0.2, 0) is 26.2 Å². The van der Waals surface area contributed by atoms with Crippen molar-refractivity contribution in [2.45, 2.75) is 38.5 Å². The van der Waals surface area contributed by atoms with E-state index in [4.69, 9.17) is 9.47 Å². The molecule has 224 valence electrons. The lowest BCUT2D eigenvalue weighted by Gasteiger charge is -2.16. The van der Waals surface area contributed by atoms with Crippen LogP contribution in [0.5, 0.6) is 5.75 Å². The number of rotatable bonds is 17. The Morgan fingerprint density at radius 1 is 1.07 bits per heavy atom. The molecule has 2 aromatic heterocycles. The van der Waals surface area contributed by atoms with E-state index >= 15 is 0 Å². The van der Waals surface area contributed by atoms with Gasteiger partial charge in [-0.25, -0.2) is 4.98 Å². The van der Waals surface area contributed by atoms with Crippen LogP contribution in [-0.4, -0.2) is 76.5 Å². The zero-order valence-electron chi connectivity index (χ0n) is 23.8. The van der Waals surface area contributed by atoms with Crippen molar-refractivity contribution in [3.8, 4) is 17.1 Å². The minimum absolute atomic E-state index is 0.00677. The number of ether oxygens (including phenoxy) is 2. The van der Waals surface area contributed by atoms with E-state index in [2.05, 4.69) is 41.5 Å². The molecule has 0 aliphatic rings. The van der Waals surface area contributed by atoms with Crippen molar-refractivity contribution >= 4 is 41.3 Å². The molecule has 0 saturated heterocycles. The summed E-state index contributed by atoms with van der Waals surface area (Å²) in [6, 6.07) is 6.80. The number of benzene rings is 1. The number of para-hydroxylation sites is 1. The molecule has 0 unspecified atom stereocenters. The molecule has 1 aromatic carbocycles. The molecule has 0 atom stereocenters. The van der Waals surface area contributed by atoms with E-state index in [1.807, 2.05) is 0 Å². The summed E-state index contributed by atoms with van der Waals surface area (Å²) in [5.41, 5.74) is 1.38. The van der Waals surface area contributed by atoms with Gasteiger partial charge in [-0.1, -0.05) is 18.9 Å². The summed E-state index contributed by atoms with van der Waals surface area (Å²) in [7, 11) is 4.72. The third-order valence-electron chi connectivity index (χ3n) is 5.91. The van der Waals surface area contributed by atoms with Gasteiger partial charge in [0.25, 0.3) is 5.91 Å². The molecule has 42 heavy (non-hydrogen) atoms. The number of nitrogens with zero attached hydrogens (tertiary/aromatic N) is 5. The molecule has 0 fully saturated rings. The van der Waals surface area contributed by atoms with E-state index in [0.29, 0.717) is 35.7 Å². The van der Waals surface area contributed by atoms with Gasteiger partial charge in [-0.2, -0.15) is 5.10 Å². The first kappa shape index (κ1) is 31.6.